The zero-order valence-corrected chi connectivity index (χ0v) is 9.79. The molecule has 0 spiro atoms. The van der Waals surface area contributed by atoms with Crippen LogP contribution in [0.15, 0.2) is 12.1 Å². The molecule has 1 fully saturated rings. The van der Waals surface area contributed by atoms with Crippen molar-refractivity contribution in [1.29, 1.82) is 0 Å². The monoisotopic (exact) mass is 273 g/mol. The van der Waals surface area contributed by atoms with Crippen LogP contribution in [0.2, 0.25) is 0 Å². The molecule has 1 aliphatic carbocycles. The third kappa shape index (κ3) is 1.89. The van der Waals surface area contributed by atoms with E-state index in [1.165, 1.54) is 0 Å². The fourth-order valence-electron chi connectivity index (χ4n) is 2.47. The van der Waals surface area contributed by atoms with E-state index < -0.39 is 39.3 Å². The number of hydrogen-bond acceptors (Lipinski definition) is 3. The molecule has 0 amide bonds. The fourth-order valence-corrected chi connectivity index (χ4v) is 2.47. The Morgan fingerprint density at radius 1 is 1.16 bits per heavy atom. The highest BCUT2D eigenvalue weighted by Crippen LogP contribution is 2.40. The number of benzene rings is 1. The minimum absolute atomic E-state index is 0.142. The van der Waals surface area contributed by atoms with Crippen molar-refractivity contribution >= 4 is 5.78 Å². The van der Waals surface area contributed by atoms with Crippen LogP contribution in [-0.2, 0) is 10.3 Å². The van der Waals surface area contributed by atoms with Crippen molar-refractivity contribution in [2.75, 3.05) is 0 Å². The Balaban J connectivity index is 2.73. The molecule has 0 saturated heterocycles. The van der Waals surface area contributed by atoms with Gasteiger partial charge in [-0.15, -0.1) is 0 Å². The molecule has 1 aromatic rings. The number of hydrogen-bond donors (Lipinski definition) is 0. The maximum Gasteiger partial charge on any atom is 0.309 e. The standard InChI is InChI=1S/C12H10F3NO3/c13-7-4-5-8(14)11(15)10(7)12(16(18)19)6-2-1-3-9(12)17/h4-5H,1-3,6H2. The lowest BCUT2D eigenvalue weighted by Crippen LogP contribution is -2.47. The van der Waals surface area contributed by atoms with Gasteiger partial charge in [0, 0.05) is 17.8 Å². The van der Waals surface area contributed by atoms with Crippen molar-refractivity contribution in [2.24, 2.45) is 0 Å². The van der Waals surface area contributed by atoms with Crippen LogP contribution in [0.5, 0.6) is 0 Å². The highest BCUT2D eigenvalue weighted by Gasteiger charge is 2.56. The maximum absolute atomic E-state index is 13.8. The van der Waals surface area contributed by atoms with Gasteiger partial charge < -0.3 is 0 Å². The second-order valence-electron chi connectivity index (χ2n) is 4.47. The molecule has 7 heteroatoms. The molecule has 0 aliphatic heterocycles. The van der Waals surface area contributed by atoms with Gasteiger partial charge in [0.25, 0.3) is 0 Å². The van der Waals surface area contributed by atoms with E-state index in [9.17, 15) is 28.1 Å². The van der Waals surface area contributed by atoms with Gasteiger partial charge in [0.1, 0.15) is 11.4 Å². The largest absolute Gasteiger partial charge is 0.309 e. The lowest BCUT2D eigenvalue weighted by atomic mass is 9.75. The molecule has 1 saturated carbocycles. The zero-order chi connectivity index (χ0) is 14.2. The van der Waals surface area contributed by atoms with Crippen LogP contribution in [0.4, 0.5) is 13.2 Å². The van der Waals surface area contributed by atoms with Gasteiger partial charge in [0.05, 0.1) is 0 Å². The number of nitrogens with zero attached hydrogens (tertiary/aromatic N) is 1. The molecule has 102 valence electrons. The average molecular weight is 273 g/mol. The summed E-state index contributed by atoms with van der Waals surface area (Å²) < 4.78 is 40.7. The molecule has 19 heavy (non-hydrogen) atoms. The first-order valence-electron chi connectivity index (χ1n) is 5.73. The van der Waals surface area contributed by atoms with Gasteiger partial charge in [-0.3, -0.25) is 14.9 Å². The van der Waals surface area contributed by atoms with Crippen molar-refractivity contribution in [1.82, 2.24) is 0 Å². The summed E-state index contributed by atoms with van der Waals surface area (Å²) in [5.74, 6) is -5.22. The van der Waals surface area contributed by atoms with E-state index in [0.29, 0.717) is 18.6 Å². The van der Waals surface area contributed by atoms with Gasteiger partial charge >= 0.3 is 5.54 Å². The Morgan fingerprint density at radius 3 is 2.37 bits per heavy atom. The van der Waals surface area contributed by atoms with Crippen LogP contribution >= 0.6 is 0 Å². The molecule has 0 N–H and O–H groups in total. The third-order valence-corrected chi connectivity index (χ3v) is 3.42. The van der Waals surface area contributed by atoms with Crippen LogP contribution in [0.1, 0.15) is 31.2 Å². The van der Waals surface area contributed by atoms with Gasteiger partial charge in [-0.2, -0.15) is 0 Å². The molecular formula is C12H10F3NO3. The predicted molar refractivity (Wildman–Crippen MR) is 58.5 cm³/mol. The van der Waals surface area contributed by atoms with E-state index in [4.69, 9.17) is 0 Å². The first kappa shape index (κ1) is 13.5. The van der Waals surface area contributed by atoms with E-state index in [2.05, 4.69) is 0 Å². The van der Waals surface area contributed by atoms with Gasteiger partial charge in [-0.25, -0.2) is 13.2 Å². The van der Waals surface area contributed by atoms with Gasteiger partial charge in [0.2, 0.25) is 5.78 Å². The van der Waals surface area contributed by atoms with Crippen molar-refractivity contribution in [3.8, 4) is 0 Å². The van der Waals surface area contributed by atoms with E-state index in [-0.39, 0.29) is 19.3 Å². The number of carbonyl (C=O) groups is 1. The third-order valence-electron chi connectivity index (χ3n) is 3.42. The summed E-state index contributed by atoms with van der Waals surface area (Å²) in [6, 6.07) is 1.13. The number of rotatable bonds is 2. The molecule has 1 aromatic carbocycles. The quantitative estimate of drug-likeness (QED) is 0.473. The van der Waals surface area contributed by atoms with Crippen molar-refractivity contribution in [3.63, 3.8) is 0 Å². The number of nitro groups is 1. The maximum atomic E-state index is 13.8. The second-order valence-corrected chi connectivity index (χ2v) is 4.47. The molecule has 1 atom stereocenters. The Morgan fingerprint density at radius 2 is 1.79 bits per heavy atom. The van der Waals surface area contributed by atoms with Crippen LogP contribution in [0, 0.1) is 27.6 Å². The molecule has 2 rings (SSSR count). The highest BCUT2D eigenvalue weighted by molar-refractivity contribution is 5.89. The highest BCUT2D eigenvalue weighted by atomic mass is 19.2. The number of carbonyl (C=O) groups excluding carboxylic acids is 1. The molecule has 1 unspecified atom stereocenters. The molecule has 0 heterocycles. The summed E-state index contributed by atoms with van der Waals surface area (Å²) in [5, 5.41) is 11.2. The lowest BCUT2D eigenvalue weighted by Gasteiger charge is -2.28. The van der Waals surface area contributed by atoms with Crippen LogP contribution in [-0.4, -0.2) is 10.7 Å². The predicted octanol–water partition coefficient (Wildman–Crippen LogP) is 2.72. The van der Waals surface area contributed by atoms with Crippen LogP contribution in [0.25, 0.3) is 0 Å². The Labute approximate surface area is 106 Å². The van der Waals surface area contributed by atoms with Gasteiger partial charge in [-0.05, 0) is 25.0 Å². The summed E-state index contributed by atoms with van der Waals surface area (Å²) in [6.07, 6.45) is 0.238. The van der Waals surface area contributed by atoms with Gasteiger partial charge in [0.15, 0.2) is 11.6 Å². The normalized spacial score (nSPS) is 23.4. The van der Waals surface area contributed by atoms with Gasteiger partial charge in [-0.1, -0.05) is 0 Å². The average Bonchev–Trinajstić information content (AvgIpc) is 2.36. The van der Waals surface area contributed by atoms with Crippen molar-refractivity contribution in [2.45, 2.75) is 31.2 Å². The van der Waals surface area contributed by atoms with E-state index in [1.807, 2.05) is 0 Å². The zero-order valence-electron chi connectivity index (χ0n) is 9.79. The SMILES string of the molecule is O=C1CCCCC1(c1c(F)ccc(F)c1F)[N+](=O)[O-]. The van der Waals surface area contributed by atoms with E-state index in [0.717, 1.165) is 0 Å². The van der Waals surface area contributed by atoms with Crippen molar-refractivity contribution in [3.05, 3.63) is 45.3 Å². The van der Waals surface area contributed by atoms with Crippen LogP contribution < -0.4 is 0 Å². The minimum atomic E-state index is -2.51. The number of ketones is 1. The molecule has 1 aliphatic rings. The Kier molecular flexibility index (Phi) is 3.30. The van der Waals surface area contributed by atoms with E-state index >= 15 is 0 Å². The molecule has 0 aromatic heterocycles. The summed E-state index contributed by atoms with van der Waals surface area (Å²) in [4.78, 5) is 22.1. The fraction of sp³-hybridized carbons (Fsp3) is 0.417. The molecule has 0 radical (unpaired) electrons. The van der Waals surface area contributed by atoms with E-state index in [1.54, 1.807) is 0 Å². The first-order chi connectivity index (χ1) is 8.91. The summed E-state index contributed by atoms with van der Waals surface area (Å²) >= 11 is 0. The first-order valence-corrected chi connectivity index (χ1v) is 5.73. The number of Topliss-reactive ketones (excluding diaryl/α,β-unsaturated/α-hetero) is 1. The lowest BCUT2D eigenvalue weighted by molar-refractivity contribution is -0.564. The van der Waals surface area contributed by atoms with Crippen molar-refractivity contribution < 1.29 is 22.9 Å². The molecule has 4 nitrogen and oxygen atoms in total. The Bertz CT molecular complexity index is 561. The molecule has 0 bridgehead atoms. The minimum Gasteiger partial charge on any atom is -0.291 e. The summed E-state index contributed by atoms with van der Waals surface area (Å²) in [6.45, 7) is 0. The topological polar surface area (TPSA) is 60.2 Å². The van der Waals surface area contributed by atoms with Crippen LogP contribution in [0.3, 0.4) is 0 Å². The summed E-state index contributed by atoms with van der Waals surface area (Å²) in [5.41, 5.74) is -3.59. The summed E-state index contributed by atoms with van der Waals surface area (Å²) in [7, 11) is 0. The Hall–Kier alpha value is -1.92. The smallest absolute Gasteiger partial charge is 0.291 e. The number of halogens is 3. The second kappa shape index (κ2) is 4.64. The molecular weight excluding hydrogens is 263 g/mol.